The zero-order chi connectivity index (χ0) is 19.4. The first kappa shape index (κ1) is 18.6. The third kappa shape index (κ3) is 4.71. The maximum absolute atomic E-state index is 12.4. The van der Waals surface area contributed by atoms with Crippen molar-refractivity contribution in [3.05, 3.63) is 64.5 Å². The predicted octanol–water partition coefficient (Wildman–Crippen LogP) is 4.14. The zero-order valence-electron chi connectivity index (χ0n) is 14.9. The molecule has 3 aromatic rings. The highest BCUT2D eigenvalue weighted by molar-refractivity contribution is 7.16. The van der Waals surface area contributed by atoms with Crippen LogP contribution < -0.4 is 10.1 Å². The van der Waals surface area contributed by atoms with Crippen molar-refractivity contribution < 1.29 is 19.4 Å². The van der Waals surface area contributed by atoms with Gasteiger partial charge in [0, 0.05) is 16.0 Å². The molecule has 1 aromatic heterocycles. The fraction of sp³-hybridized carbons (Fsp3) is 0.150. The normalized spacial score (nSPS) is 10.4. The lowest BCUT2D eigenvalue weighted by molar-refractivity contribution is -0.139. The minimum Gasteiger partial charge on any atom is -0.482 e. The molecule has 0 radical (unpaired) electrons. The molecule has 0 fully saturated rings. The first-order valence-corrected chi connectivity index (χ1v) is 9.04. The lowest BCUT2D eigenvalue weighted by atomic mass is 10.1. The van der Waals surface area contributed by atoms with Gasteiger partial charge >= 0.3 is 5.97 Å². The van der Waals surface area contributed by atoms with Gasteiger partial charge in [-0.25, -0.2) is 9.78 Å². The van der Waals surface area contributed by atoms with Crippen LogP contribution in [0.25, 0.3) is 11.3 Å². The first-order chi connectivity index (χ1) is 12.9. The van der Waals surface area contributed by atoms with E-state index in [0.29, 0.717) is 16.4 Å². The minimum absolute atomic E-state index is 0.198. The zero-order valence-corrected chi connectivity index (χ0v) is 15.7. The Labute approximate surface area is 160 Å². The van der Waals surface area contributed by atoms with Crippen LogP contribution in [0.2, 0.25) is 0 Å². The lowest BCUT2D eigenvalue weighted by Gasteiger charge is -2.04. The SMILES string of the molecule is Cc1cccc(C(=O)Nc2nc(-c3ccc(OCC(=O)O)cc3)c(C)s2)c1. The van der Waals surface area contributed by atoms with Gasteiger partial charge in [-0.1, -0.05) is 17.7 Å². The van der Waals surface area contributed by atoms with Crippen molar-refractivity contribution in [2.45, 2.75) is 13.8 Å². The molecule has 0 unspecified atom stereocenters. The number of rotatable bonds is 6. The van der Waals surface area contributed by atoms with Gasteiger partial charge in [0.1, 0.15) is 5.75 Å². The van der Waals surface area contributed by atoms with Gasteiger partial charge in [-0.2, -0.15) is 0 Å². The third-order valence-electron chi connectivity index (χ3n) is 3.79. The number of carbonyl (C=O) groups is 2. The fourth-order valence-electron chi connectivity index (χ4n) is 2.53. The number of carbonyl (C=O) groups excluding carboxylic acids is 1. The molecule has 0 aliphatic rings. The molecule has 0 atom stereocenters. The summed E-state index contributed by atoms with van der Waals surface area (Å²) in [5.74, 6) is -0.748. The Bertz CT molecular complexity index is 980. The second kappa shape index (κ2) is 8.01. The highest BCUT2D eigenvalue weighted by Crippen LogP contribution is 2.31. The summed E-state index contributed by atoms with van der Waals surface area (Å²) in [4.78, 5) is 28.4. The van der Waals surface area contributed by atoms with E-state index < -0.39 is 5.97 Å². The number of nitrogens with one attached hydrogen (secondary N) is 1. The van der Waals surface area contributed by atoms with E-state index in [1.54, 1.807) is 18.2 Å². The number of benzene rings is 2. The fourth-order valence-corrected chi connectivity index (χ4v) is 3.36. The number of aryl methyl sites for hydroxylation is 2. The predicted molar refractivity (Wildman–Crippen MR) is 105 cm³/mol. The number of carboxylic acids is 1. The van der Waals surface area contributed by atoms with Crippen molar-refractivity contribution in [2.24, 2.45) is 0 Å². The van der Waals surface area contributed by atoms with Crippen LogP contribution in [0.5, 0.6) is 5.75 Å². The molecule has 0 spiro atoms. The molecule has 1 amide bonds. The Hall–Kier alpha value is -3.19. The highest BCUT2D eigenvalue weighted by Gasteiger charge is 2.13. The topological polar surface area (TPSA) is 88.5 Å². The van der Waals surface area contributed by atoms with E-state index in [4.69, 9.17) is 9.84 Å². The van der Waals surface area contributed by atoms with Crippen molar-refractivity contribution in [3.8, 4) is 17.0 Å². The Balaban J connectivity index is 1.74. The first-order valence-electron chi connectivity index (χ1n) is 8.23. The van der Waals surface area contributed by atoms with Crippen molar-refractivity contribution in [1.82, 2.24) is 4.98 Å². The van der Waals surface area contributed by atoms with Crippen molar-refractivity contribution in [1.29, 1.82) is 0 Å². The number of nitrogens with zero attached hydrogens (tertiary/aromatic N) is 1. The molecular weight excluding hydrogens is 364 g/mol. The van der Waals surface area contributed by atoms with Crippen LogP contribution >= 0.6 is 11.3 Å². The average Bonchev–Trinajstić information content (AvgIpc) is 3.00. The van der Waals surface area contributed by atoms with Crippen molar-refractivity contribution in [2.75, 3.05) is 11.9 Å². The van der Waals surface area contributed by atoms with Crippen LogP contribution in [-0.4, -0.2) is 28.6 Å². The third-order valence-corrected chi connectivity index (χ3v) is 4.67. The lowest BCUT2D eigenvalue weighted by Crippen LogP contribution is -2.11. The number of aromatic nitrogens is 1. The van der Waals surface area contributed by atoms with Crippen LogP contribution in [0.1, 0.15) is 20.8 Å². The molecule has 0 saturated carbocycles. The van der Waals surface area contributed by atoms with Gasteiger partial charge in [0.25, 0.3) is 5.91 Å². The monoisotopic (exact) mass is 382 g/mol. The highest BCUT2D eigenvalue weighted by atomic mass is 32.1. The number of ether oxygens (including phenoxy) is 1. The number of hydrogen-bond acceptors (Lipinski definition) is 5. The van der Waals surface area contributed by atoms with Gasteiger partial charge in [0.2, 0.25) is 0 Å². The molecule has 2 aromatic carbocycles. The minimum atomic E-state index is -1.02. The van der Waals surface area contributed by atoms with Crippen LogP contribution in [0.15, 0.2) is 48.5 Å². The quantitative estimate of drug-likeness (QED) is 0.669. The van der Waals surface area contributed by atoms with Gasteiger partial charge in [-0.15, -0.1) is 11.3 Å². The van der Waals surface area contributed by atoms with Crippen molar-refractivity contribution in [3.63, 3.8) is 0 Å². The second-order valence-electron chi connectivity index (χ2n) is 5.95. The maximum atomic E-state index is 12.4. The van der Waals surface area contributed by atoms with Gasteiger partial charge in [-0.05, 0) is 50.2 Å². The molecule has 6 nitrogen and oxygen atoms in total. The number of hydrogen-bond donors (Lipinski definition) is 2. The van der Waals surface area contributed by atoms with Crippen molar-refractivity contribution >= 4 is 28.3 Å². The number of aliphatic carboxylic acids is 1. The molecular formula is C20H18N2O4S. The van der Waals surface area contributed by atoms with E-state index in [2.05, 4.69) is 10.3 Å². The summed E-state index contributed by atoms with van der Waals surface area (Å²) in [6, 6.07) is 14.4. The average molecular weight is 382 g/mol. The standard InChI is InChI=1S/C20H18N2O4S/c1-12-4-3-5-15(10-12)19(25)22-20-21-18(13(2)27-20)14-6-8-16(9-7-14)26-11-17(23)24/h3-10H,11H2,1-2H3,(H,23,24)(H,21,22,25). The summed E-state index contributed by atoms with van der Waals surface area (Å²) in [5, 5.41) is 12.0. The molecule has 0 aliphatic heterocycles. The molecule has 1 heterocycles. The largest absolute Gasteiger partial charge is 0.482 e. The van der Waals surface area contributed by atoms with Gasteiger partial charge in [0.15, 0.2) is 11.7 Å². The Morgan fingerprint density at radius 3 is 2.56 bits per heavy atom. The van der Waals surface area contributed by atoms with E-state index in [9.17, 15) is 9.59 Å². The smallest absolute Gasteiger partial charge is 0.341 e. The number of carboxylic acid groups (broad SMARTS) is 1. The summed E-state index contributed by atoms with van der Waals surface area (Å²) in [5.41, 5.74) is 3.24. The summed E-state index contributed by atoms with van der Waals surface area (Å²) in [6.07, 6.45) is 0. The molecule has 0 aliphatic carbocycles. The summed E-state index contributed by atoms with van der Waals surface area (Å²) in [7, 11) is 0. The second-order valence-corrected chi connectivity index (χ2v) is 7.16. The van der Waals surface area contributed by atoms with E-state index in [-0.39, 0.29) is 12.5 Å². The van der Waals surface area contributed by atoms with E-state index in [0.717, 1.165) is 21.7 Å². The molecule has 7 heteroatoms. The number of anilines is 1. The Morgan fingerprint density at radius 2 is 1.89 bits per heavy atom. The molecule has 27 heavy (non-hydrogen) atoms. The van der Waals surface area contributed by atoms with Crippen LogP contribution in [-0.2, 0) is 4.79 Å². The van der Waals surface area contributed by atoms with E-state index in [1.165, 1.54) is 11.3 Å². The van der Waals surface area contributed by atoms with Crippen LogP contribution in [0.3, 0.4) is 0 Å². The molecule has 138 valence electrons. The van der Waals surface area contributed by atoms with Gasteiger partial charge in [0.05, 0.1) is 5.69 Å². The molecule has 3 rings (SSSR count). The number of thiazole rings is 1. The summed E-state index contributed by atoms with van der Waals surface area (Å²) >= 11 is 1.40. The van der Waals surface area contributed by atoms with Gasteiger partial charge in [-0.3, -0.25) is 10.1 Å². The van der Waals surface area contributed by atoms with Crippen LogP contribution in [0.4, 0.5) is 5.13 Å². The molecule has 0 bridgehead atoms. The summed E-state index contributed by atoms with van der Waals surface area (Å²) in [6.45, 7) is 3.49. The molecule has 2 N–H and O–H groups in total. The Kier molecular flexibility index (Phi) is 5.52. The Morgan fingerprint density at radius 1 is 1.15 bits per heavy atom. The molecule has 0 saturated heterocycles. The number of amides is 1. The maximum Gasteiger partial charge on any atom is 0.341 e. The van der Waals surface area contributed by atoms with E-state index in [1.807, 2.05) is 44.2 Å². The van der Waals surface area contributed by atoms with E-state index >= 15 is 0 Å². The van der Waals surface area contributed by atoms with Gasteiger partial charge < -0.3 is 9.84 Å². The van der Waals surface area contributed by atoms with Crippen LogP contribution in [0, 0.1) is 13.8 Å². The summed E-state index contributed by atoms with van der Waals surface area (Å²) < 4.78 is 5.13.